The van der Waals surface area contributed by atoms with Gasteiger partial charge in [0.25, 0.3) is 0 Å². The number of hydrogen-bond donors (Lipinski definition) is 3. The second-order valence-electron chi connectivity index (χ2n) is 9.36. The number of rotatable bonds is 7. The third kappa shape index (κ3) is 4.50. The van der Waals surface area contributed by atoms with Crippen LogP contribution in [0.4, 0.5) is 0 Å². The zero-order valence-electron chi connectivity index (χ0n) is 20.7. The molecule has 3 heterocycles. The summed E-state index contributed by atoms with van der Waals surface area (Å²) in [7, 11) is 1.62. The Morgan fingerprint density at radius 3 is 2.39 bits per heavy atom. The fourth-order valence-electron chi connectivity index (χ4n) is 4.90. The number of hydrogen-bond acceptors (Lipinski definition) is 8. The van der Waals surface area contributed by atoms with Crippen molar-refractivity contribution in [2.75, 3.05) is 13.7 Å². The minimum absolute atomic E-state index is 0.311. The Labute approximate surface area is 219 Å². The van der Waals surface area contributed by atoms with Gasteiger partial charge in [0.05, 0.1) is 24.8 Å². The molecule has 6 rings (SSSR count). The molecular weight excluding hydrogens is 488 g/mol. The van der Waals surface area contributed by atoms with Gasteiger partial charge in [0, 0.05) is 24.2 Å². The normalized spacial score (nSPS) is 24.5. The summed E-state index contributed by atoms with van der Waals surface area (Å²) in [4.78, 5) is 4.56. The van der Waals surface area contributed by atoms with Crippen LogP contribution in [0.2, 0.25) is 0 Å². The number of aromatic nitrogens is 1. The van der Waals surface area contributed by atoms with Crippen LogP contribution in [0.25, 0.3) is 10.9 Å². The van der Waals surface area contributed by atoms with Gasteiger partial charge in [-0.2, -0.15) is 0 Å². The van der Waals surface area contributed by atoms with Crippen LogP contribution in [0.5, 0.6) is 17.2 Å². The van der Waals surface area contributed by atoms with Gasteiger partial charge in [-0.1, -0.05) is 30.3 Å². The number of nitrogens with zero attached hydrogens (tertiary/aromatic N) is 2. The van der Waals surface area contributed by atoms with Gasteiger partial charge in [0.2, 0.25) is 12.2 Å². The highest BCUT2D eigenvalue weighted by Gasteiger charge is 2.49. The highest BCUT2D eigenvalue weighted by molar-refractivity contribution is 6.08. The molecule has 1 aromatic heterocycles. The number of aliphatic hydroxyl groups is 3. The van der Waals surface area contributed by atoms with Crippen LogP contribution in [0, 0.1) is 0 Å². The fourth-order valence-corrected chi connectivity index (χ4v) is 4.90. The Bertz CT molecular complexity index is 1450. The molecule has 0 bridgehead atoms. The minimum Gasteiger partial charge on any atom is -0.497 e. The van der Waals surface area contributed by atoms with Crippen LogP contribution in [-0.4, -0.2) is 70.1 Å². The predicted molar refractivity (Wildman–Crippen MR) is 140 cm³/mol. The lowest BCUT2D eigenvalue weighted by Gasteiger charge is -2.36. The van der Waals surface area contributed by atoms with Gasteiger partial charge in [-0.3, -0.25) is 0 Å². The van der Waals surface area contributed by atoms with E-state index in [1.54, 1.807) is 7.11 Å². The number of fused-ring (bicyclic) bond motifs is 2. The largest absolute Gasteiger partial charge is 0.497 e. The highest BCUT2D eigenvalue weighted by atomic mass is 16.7. The molecule has 5 atom stereocenters. The third-order valence-corrected chi connectivity index (χ3v) is 6.92. The molecule has 2 aliphatic rings. The van der Waals surface area contributed by atoms with Crippen molar-refractivity contribution in [3.8, 4) is 17.2 Å². The first-order valence-electron chi connectivity index (χ1n) is 12.4. The topological polar surface area (TPSA) is 115 Å². The Balaban J connectivity index is 1.30. The lowest BCUT2D eigenvalue weighted by Crippen LogP contribution is -2.56. The first-order valence-corrected chi connectivity index (χ1v) is 12.4. The smallest absolute Gasteiger partial charge is 0.227 e. The lowest BCUT2D eigenvalue weighted by atomic mass is 9.98. The summed E-state index contributed by atoms with van der Waals surface area (Å²) >= 11 is 0. The standard InChI is InChI=1S/C29H28N2O7/c1-35-20-11-12-21-22(28-30-25-27(34)26(33)24(16-32)37-29(25)38-28)15-31(23(21)13-20)14-17-7-9-19(10-8-17)36-18-5-3-2-4-6-18/h2-13,15,24-27,29,32-34H,14,16H2,1H3/t24?,25-,26-,27?,29-/m1/s1. The molecule has 9 nitrogen and oxygen atoms in total. The number of benzene rings is 3. The summed E-state index contributed by atoms with van der Waals surface area (Å²) in [5.41, 5.74) is 2.71. The molecule has 196 valence electrons. The molecule has 9 heteroatoms. The van der Waals surface area contributed by atoms with E-state index >= 15 is 0 Å². The van der Waals surface area contributed by atoms with E-state index in [0.717, 1.165) is 33.5 Å². The second-order valence-corrected chi connectivity index (χ2v) is 9.36. The monoisotopic (exact) mass is 516 g/mol. The second kappa shape index (κ2) is 10.1. The number of para-hydroxylation sites is 1. The quantitative estimate of drug-likeness (QED) is 0.346. The Kier molecular flexibility index (Phi) is 6.50. The van der Waals surface area contributed by atoms with E-state index in [4.69, 9.17) is 18.9 Å². The SMILES string of the molecule is COc1ccc2c(C3=N[C@@H]4C(O)[C@H](O)C(CO)O[C@@H]4O3)cn(Cc3ccc(Oc4ccccc4)cc3)c2c1. The van der Waals surface area contributed by atoms with Crippen molar-refractivity contribution in [3.05, 3.63) is 90.1 Å². The van der Waals surface area contributed by atoms with Crippen LogP contribution in [-0.2, 0) is 16.0 Å². The van der Waals surface area contributed by atoms with E-state index in [-0.39, 0.29) is 0 Å². The van der Waals surface area contributed by atoms with Crippen LogP contribution in [0.1, 0.15) is 11.1 Å². The van der Waals surface area contributed by atoms with Crippen molar-refractivity contribution in [2.24, 2.45) is 4.99 Å². The molecule has 1 fully saturated rings. The van der Waals surface area contributed by atoms with Crippen molar-refractivity contribution in [3.63, 3.8) is 0 Å². The van der Waals surface area contributed by atoms with Gasteiger partial charge in [-0.15, -0.1) is 0 Å². The molecule has 3 N–H and O–H groups in total. The minimum atomic E-state index is -1.26. The number of ether oxygens (including phenoxy) is 4. The molecular formula is C29H28N2O7. The zero-order chi connectivity index (χ0) is 26.2. The summed E-state index contributed by atoms with van der Waals surface area (Å²) in [6.45, 7) is 0.133. The molecule has 38 heavy (non-hydrogen) atoms. The van der Waals surface area contributed by atoms with E-state index in [1.165, 1.54) is 0 Å². The molecule has 2 aliphatic heterocycles. The molecule has 4 aromatic rings. The van der Waals surface area contributed by atoms with Gasteiger partial charge < -0.3 is 38.8 Å². The highest BCUT2D eigenvalue weighted by Crippen LogP contribution is 2.34. The average molecular weight is 517 g/mol. The molecule has 3 aromatic carbocycles. The Morgan fingerprint density at radius 2 is 1.66 bits per heavy atom. The fraction of sp³-hybridized carbons (Fsp3) is 0.276. The van der Waals surface area contributed by atoms with E-state index in [1.807, 2.05) is 79.0 Å². The van der Waals surface area contributed by atoms with Crippen molar-refractivity contribution in [2.45, 2.75) is 37.2 Å². The van der Waals surface area contributed by atoms with Gasteiger partial charge in [0.15, 0.2) is 0 Å². The van der Waals surface area contributed by atoms with Gasteiger partial charge in [-0.25, -0.2) is 4.99 Å². The maximum atomic E-state index is 10.6. The molecule has 0 spiro atoms. The first-order chi connectivity index (χ1) is 18.5. The van der Waals surface area contributed by atoms with E-state index in [0.29, 0.717) is 18.2 Å². The maximum absolute atomic E-state index is 10.6. The van der Waals surface area contributed by atoms with Crippen LogP contribution >= 0.6 is 0 Å². The Morgan fingerprint density at radius 1 is 0.921 bits per heavy atom. The van der Waals surface area contributed by atoms with Crippen molar-refractivity contribution >= 4 is 16.8 Å². The molecule has 0 amide bonds. The average Bonchev–Trinajstić information content (AvgIpc) is 3.53. The van der Waals surface area contributed by atoms with E-state index < -0.39 is 37.3 Å². The zero-order valence-corrected chi connectivity index (χ0v) is 20.7. The van der Waals surface area contributed by atoms with Crippen molar-refractivity contribution < 1.29 is 34.3 Å². The first kappa shape index (κ1) is 24.4. The summed E-state index contributed by atoms with van der Waals surface area (Å²) in [5.74, 6) is 2.55. The van der Waals surface area contributed by atoms with Crippen molar-refractivity contribution in [1.29, 1.82) is 0 Å². The van der Waals surface area contributed by atoms with E-state index in [9.17, 15) is 15.3 Å². The molecule has 2 unspecified atom stereocenters. The summed E-state index contributed by atoms with van der Waals surface area (Å²) in [5, 5.41) is 31.2. The number of aliphatic hydroxyl groups excluding tert-OH is 3. The predicted octanol–water partition coefficient (Wildman–Crippen LogP) is 3.07. The van der Waals surface area contributed by atoms with Crippen LogP contribution in [0.15, 0.2) is 84.0 Å². The van der Waals surface area contributed by atoms with Gasteiger partial charge in [0.1, 0.15) is 41.6 Å². The van der Waals surface area contributed by atoms with Gasteiger partial charge >= 0.3 is 0 Å². The number of aliphatic imine (C=N–C) groups is 1. The summed E-state index contributed by atoms with van der Waals surface area (Å²) in [6.07, 6.45) is -2.36. The van der Waals surface area contributed by atoms with Crippen LogP contribution in [0.3, 0.4) is 0 Å². The molecule has 1 saturated heterocycles. The molecule has 0 radical (unpaired) electrons. The van der Waals surface area contributed by atoms with E-state index in [2.05, 4.69) is 9.56 Å². The maximum Gasteiger partial charge on any atom is 0.227 e. The van der Waals surface area contributed by atoms with Crippen molar-refractivity contribution in [1.82, 2.24) is 4.57 Å². The Hall–Kier alpha value is -3.89. The summed E-state index contributed by atoms with van der Waals surface area (Å²) in [6, 6.07) is 22.5. The lowest BCUT2D eigenvalue weighted by molar-refractivity contribution is -0.234. The third-order valence-electron chi connectivity index (χ3n) is 6.92. The molecule has 0 aliphatic carbocycles. The van der Waals surface area contributed by atoms with Crippen LogP contribution < -0.4 is 9.47 Å². The summed E-state index contributed by atoms with van der Waals surface area (Å²) < 4.78 is 25.1. The van der Waals surface area contributed by atoms with Gasteiger partial charge in [-0.05, 0) is 42.0 Å². The number of methoxy groups -OCH3 is 1. The molecule has 0 saturated carbocycles.